The molecule has 0 rings (SSSR count). The van der Waals surface area contributed by atoms with Gasteiger partial charge >= 0.3 is 0 Å². The third-order valence-electron chi connectivity index (χ3n) is 10.3. The number of carbonyl (C=O) groups excluding carboxylic acids is 1. The predicted molar refractivity (Wildman–Crippen MR) is 230 cm³/mol. The summed E-state index contributed by atoms with van der Waals surface area (Å²) >= 11 is 0. The minimum Gasteiger partial charge on any atom is -0.387 e. The molecule has 7 heteroatoms. The Morgan fingerprint density at radius 3 is 1.19 bits per heavy atom. The highest BCUT2D eigenvalue weighted by Gasteiger charge is 2.24. The Hall–Kier alpha value is -1.44. The lowest BCUT2D eigenvalue weighted by molar-refractivity contribution is -0.122. The van der Waals surface area contributed by atoms with E-state index in [0.717, 1.165) is 38.5 Å². The van der Waals surface area contributed by atoms with Gasteiger partial charge in [0.1, 0.15) is 0 Å². The largest absolute Gasteiger partial charge is 0.387 e. The summed E-state index contributed by atoms with van der Waals surface area (Å²) in [6, 6.07) is -1.08. The van der Waals surface area contributed by atoms with Gasteiger partial charge in [-0.25, -0.2) is 0 Å². The maximum Gasteiger partial charge on any atom is 0.267 e. The van der Waals surface area contributed by atoms with Gasteiger partial charge in [0.25, 0.3) is 10.1 Å². The van der Waals surface area contributed by atoms with Crippen molar-refractivity contribution >= 4 is 16.0 Å². The van der Waals surface area contributed by atoms with Gasteiger partial charge in [0.2, 0.25) is 5.91 Å². The second-order valence-corrected chi connectivity index (χ2v) is 17.2. The third-order valence-corrected chi connectivity index (χ3v) is 11.1. The van der Waals surface area contributed by atoms with E-state index in [1.807, 2.05) is 0 Å². The number of amides is 1. The van der Waals surface area contributed by atoms with Crippen LogP contribution in [0.3, 0.4) is 0 Å². The topological polar surface area (TPSA) is 104 Å². The van der Waals surface area contributed by atoms with Crippen molar-refractivity contribution < 1.29 is 22.9 Å². The first-order valence-corrected chi connectivity index (χ1v) is 24.3. The van der Waals surface area contributed by atoms with Crippen LogP contribution in [0.1, 0.15) is 232 Å². The number of aliphatic hydroxyl groups excluding tert-OH is 1. The number of carbonyl (C=O) groups is 1. The van der Waals surface area contributed by atoms with E-state index in [-0.39, 0.29) is 12.3 Å². The standard InChI is InChI=1S/C46H87NO5S/c1-3-5-7-9-11-13-15-17-19-20-21-22-23-24-25-26-28-30-32-34-36-38-40-42-46(49)47-44(43-53(50,51)52)45(48)41-39-37-35-33-31-29-27-18-16-14-12-10-8-6-4-2/h16,18,31,33,39,41,44-45,48H,3-15,17,19-30,32,34-38,40,42-43H2,1-2H3,(H,47,49)(H,50,51,52)/b18-16+,33-31+,41-39+. The van der Waals surface area contributed by atoms with Crippen LogP contribution in [0.2, 0.25) is 0 Å². The lowest BCUT2D eigenvalue weighted by Gasteiger charge is -2.21. The van der Waals surface area contributed by atoms with E-state index in [4.69, 9.17) is 0 Å². The summed E-state index contributed by atoms with van der Waals surface area (Å²) in [5.41, 5.74) is 0. The number of hydrogen-bond acceptors (Lipinski definition) is 4. The van der Waals surface area contributed by atoms with Crippen molar-refractivity contribution in [3.63, 3.8) is 0 Å². The van der Waals surface area contributed by atoms with E-state index in [9.17, 15) is 22.9 Å². The maximum absolute atomic E-state index is 12.5. The third kappa shape index (κ3) is 41.6. The Balaban J connectivity index is 3.84. The number of unbranched alkanes of at least 4 members (excludes halogenated alkanes) is 29. The lowest BCUT2D eigenvalue weighted by Crippen LogP contribution is -2.46. The molecule has 0 aromatic carbocycles. The molecule has 0 aromatic heterocycles. The summed E-state index contributed by atoms with van der Waals surface area (Å²) < 4.78 is 32.5. The van der Waals surface area contributed by atoms with Gasteiger partial charge in [0.05, 0.1) is 17.9 Å². The highest BCUT2D eigenvalue weighted by molar-refractivity contribution is 7.85. The Bertz CT molecular complexity index is 976. The molecule has 53 heavy (non-hydrogen) atoms. The van der Waals surface area contributed by atoms with Crippen LogP contribution in [0.15, 0.2) is 36.5 Å². The molecule has 2 atom stereocenters. The molecule has 3 N–H and O–H groups in total. The Kier molecular flexibility index (Phi) is 39.1. The van der Waals surface area contributed by atoms with Gasteiger partial charge < -0.3 is 10.4 Å². The zero-order chi connectivity index (χ0) is 38.9. The fourth-order valence-corrected chi connectivity index (χ4v) is 7.63. The summed E-state index contributed by atoms with van der Waals surface area (Å²) in [5.74, 6) is -1.00. The molecule has 0 aliphatic heterocycles. The van der Waals surface area contributed by atoms with Crippen molar-refractivity contribution in [1.29, 1.82) is 0 Å². The maximum atomic E-state index is 12.5. The second kappa shape index (κ2) is 40.2. The number of rotatable bonds is 41. The molecule has 0 aromatic rings. The number of allylic oxidation sites excluding steroid dienone is 5. The highest BCUT2D eigenvalue weighted by atomic mass is 32.2. The normalized spacial score (nSPS) is 13.5. The summed E-state index contributed by atoms with van der Waals surface area (Å²) in [5, 5.41) is 13.2. The molecule has 0 saturated heterocycles. The van der Waals surface area contributed by atoms with Crippen molar-refractivity contribution in [1.82, 2.24) is 5.32 Å². The van der Waals surface area contributed by atoms with Crippen molar-refractivity contribution in [2.24, 2.45) is 0 Å². The number of aliphatic hydroxyl groups is 1. The lowest BCUT2D eigenvalue weighted by atomic mass is 10.0. The zero-order valence-electron chi connectivity index (χ0n) is 34.9. The first-order chi connectivity index (χ1) is 25.8. The van der Waals surface area contributed by atoms with Gasteiger partial charge in [-0.15, -0.1) is 0 Å². The molecule has 0 saturated carbocycles. The average Bonchev–Trinajstić information content (AvgIpc) is 3.12. The number of nitrogens with one attached hydrogen (secondary N) is 1. The van der Waals surface area contributed by atoms with Gasteiger partial charge in [-0.1, -0.05) is 217 Å². The van der Waals surface area contributed by atoms with Crippen LogP contribution >= 0.6 is 0 Å². The molecule has 0 radical (unpaired) electrons. The summed E-state index contributed by atoms with van der Waals surface area (Å²) in [4.78, 5) is 12.5. The molecule has 312 valence electrons. The summed E-state index contributed by atoms with van der Waals surface area (Å²) in [6.45, 7) is 4.52. The minimum absolute atomic E-state index is 0.288. The van der Waals surface area contributed by atoms with Crippen LogP contribution in [0, 0.1) is 0 Å². The quantitative estimate of drug-likeness (QED) is 0.0327. The second-order valence-electron chi connectivity index (χ2n) is 15.7. The molecular weight excluding hydrogens is 679 g/mol. The van der Waals surface area contributed by atoms with Gasteiger partial charge in [-0.2, -0.15) is 8.42 Å². The van der Waals surface area contributed by atoms with Crippen molar-refractivity contribution in [3.05, 3.63) is 36.5 Å². The van der Waals surface area contributed by atoms with Crippen LogP contribution in [-0.2, 0) is 14.9 Å². The monoisotopic (exact) mass is 766 g/mol. The van der Waals surface area contributed by atoms with Crippen molar-refractivity contribution in [2.45, 2.75) is 244 Å². The Labute approximate surface area is 329 Å². The van der Waals surface area contributed by atoms with Gasteiger partial charge in [0.15, 0.2) is 0 Å². The molecule has 1 amide bonds. The molecule has 0 spiro atoms. The predicted octanol–water partition coefficient (Wildman–Crippen LogP) is 13.7. The number of hydrogen-bond donors (Lipinski definition) is 3. The van der Waals surface area contributed by atoms with Crippen LogP contribution in [0.5, 0.6) is 0 Å². The van der Waals surface area contributed by atoms with Crippen LogP contribution < -0.4 is 5.32 Å². The van der Waals surface area contributed by atoms with Crippen molar-refractivity contribution in [2.75, 3.05) is 5.75 Å². The van der Waals surface area contributed by atoms with E-state index >= 15 is 0 Å². The van der Waals surface area contributed by atoms with Crippen LogP contribution in [-0.4, -0.2) is 41.9 Å². The van der Waals surface area contributed by atoms with E-state index in [2.05, 4.69) is 43.5 Å². The SMILES string of the molecule is CCCCCCC/C=C/CC/C=C/CC/C=C/C(O)C(CS(=O)(=O)O)NC(=O)CCCCCCCCCCCCCCCCCCCCCCCCC. The minimum atomic E-state index is -4.36. The van der Waals surface area contributed by atoms with Crippen molar-refractivity contribution in [3.8, 4) is 0 Å². The van der Waals surface area contributed by atoms with E-state index in [1.165, 1.54) is 173 Å². The molecule has 0 fully saturated rings. The molecule has 0 heterocycles. The van der Waals surface area contributed by atoms with Gasteiger partial charge in [0, 0.05) is 6.42 Å². The molecule has 6 nitrogen and oxygen atoms in total. The average molecular weight is 766 g/mol. The summed E-state index contributed by atoms with van der Waals surface area (Å²) in [7, 11) is -4.36. The first kappa shape index (κ1) is 51.6. The van der Waals surface area contributed by atoms with E-state index in [0.29, 0.717) is 6.42 Å². The van der Waals surface area contributed by atoms with Crippen LogP contribution in [0.4, 0.5) is 0 Å². The van der Waals surface area contributed by atoms with E-state index < -0.39 is 28.0 Å². The molecule has 0 bridgehead atoms. The Morgan fingerprint density at radius 2 is 0.811 bits per heavy atom. The summed E-state index contributed by atoms with van der Waals surface area (Å²) in [6.07, 6.45) is 52.9. The van der Waals surface area contributed by atoms with E-state index in [1.54, 1.807) is 6.08 Å². The smallest absolute Gasteiger partial charge is 0.267 e. The Morgan fingerprint density at radius 1 is 0.491 bits per heavy atom. The first-order valence-electron chi connectivity index (χ1n) is 22.7. The fourth-order valence-electron chi connectivity index (χ4n) is 6.89. The zero-order valence-corrected chi connectivity index (χ0v) is 35.7. The highest BCUT2D eigenvalue weighted by Crippen LogP contribution is 2.16. The molecule has 0 aliphatic carbocycles. The van der Waals surface area contributed by atoms with Crippen LogP contribution in [0.25, 0.3) is 0 Å². The molecule has 2 unspecified atom stereocenters. The molecular formula is C46H87NO5S. The fraction of sp³-hybridized carbons (Fsp3) is 0.848. The van der Waals surface area contributed by atoms with Gasteiger partial charge in [-0.3, -0.25) is 9.35 Å². The van der Waals surface area contributed by atoms with Gasteiger partial charge in [-0.05, 0) is 44.9 Å². The molecule has 0 aliphatic rings.